The second-order valence-electron chi connectivity index (χ2n) is 4.89. The van der Waals surface area contributed by atoms with Gasteiger partial charge in [-0.1, -0.05) is 12.1 Å². The number of methoxy groups -OCH3 is 1. The van der Waals surface area contributed by atoms with Gasteiger partial charge in [0.15, 0.2) is 0 Å². The van der Waals surface area contributed by atoms with Crippen LogP contribution in [0, 0.1) is 6.92 Å². The summed E-state index contributed by atoms with van der Waals surface area (Å²) >= 11 is 0. The molecule has 1 heterocycles. The number of rotatable bonds is 6. The van der Waals surface area contributed by atoms with Gasteiger partial charge in [-0.15, -0.1) is 0 Å². The number of aromatic nitrogens is 1. The topological polar surface area (TPSA) is 82.6 Å². The zero-order chi connectivity index (χ0) is 15.4. The molecule has 0 aliphatic carbocycles. The number of aryl methyl sites for hydroxylation is 1. The number of fused-ring (bicyclic) bond motifs is 1. The highest BCUT2D eigenvalue weighted by Gasteiger charge is 2.20. The van der Waals surface area contributed by atoms with Crippen molar-refractivity contribution in [1.82, 2.24) is 9.88 Å². The molecular weight excluding hydrogens is 272 g/mol. The van der Waals surface area contributed by atoms with Gasteiger partial charge in [-0.2, -0.15) is 0 Å². The molecule has 21 heavy (non-hydrogen) atoms. The SMILES string of the molecule is COCCN(CC(=O)O)C(=O)c1cc2ccc(C)cc2[nH]1. The zero-order valence-corrected chi connectivity index (χ0v) is 12.0. The minimum atomic E-state index is -1.05. The van der Waals surface area contributed by atoms with Gasteiger partial charge in [0.25, 0.3) is 5.91 Å². The van der Waals surface area contributed by atoms with Crippen LogP contribution in [0.5, 0.6) is 0 Å². The molecule has 112 valence electrons. The highest BCUT2D eigenvalue weighted by atomic mass is 16.5. The van der Waals surface area contributed by atoms with Gasteiger partial charge < -0.3 is 19.7 Å². The summed E-state index contributed by atoms with van der Waals surface area (Å²) in [5, 5.41) is 9.83. The number of nitrogens with zero attached hydrogens (tertiary/aromatic N) is 1. The third kappa shape index (κ3) is 3.61. The highest BCUT2D eigenvalue weighted by Crippen LogP contribution is 2.18. The number of amides is 1. The molecule has 1 aromatic heterocycles. The van der Waals surface area contributed by atoms with Crippen LogP contribution in [-0.4, -0.2) is 53.7 Å². The lowest BCUT2D eigenvalue weighted by Gasteiger charge is -2.19. The molecule has 2 aromatic rings. The van der Waals surface area contributed by atoms with Gasteiger partial charge in [-0.25, -0.2) is 0 Å². The van der Waals surface area contributed by atoms with Crippen molar-refractivity contribution in [2.45, 2.75) is 6.92 Å². The Morgan fingerprint density at radius 1 is 1.33 bits per heavy atom. The summed E-state index contributed by atoms with van der Waals surface area (Å²) in [5.41, 5.74) is 2.33. The van der Waals surface area contributed by atoms with Crippen molar-refractivity contribution < 1.29 is 19.4 Å². The number of aromatic amines is 1. The van der Waals surface area contributed by atoms with E-state index in [4.69, 9.17) is 9.84 Å². The Balaban J connectivity index is 2.26. The Labute approximate surface area is 122 Å². The van der Waals surface area contributed by atoms with Gasteiger partial charge in [-0.3, -0.25) is 9.59 Å². The van der Waals surface area contributed by atoms with E-state index in [2.05, 4.69) is 4.98 Å². The van der Waals surface area contributed by atoms with Gasteiger partial charge in [0, 0.05) is 24.6 Å². The van der Waals surface area contributed by atoms with E-state index in [1.165, 1.54) is 12.0 Å². The second-order valence-corrected chi connectivity index (χ2v) is 4.89. The van der Waals surface area contributed by atoms with Crippen LogP contribution in [0.4, 0.5) is 0 Å². The van der Waals surface area contributed by atoms with Gasteiger partial charge in [0.2, 0.25) is 0 Å². The molecule has 0 atom stereocenters. The predicted octanol–water partition coefficient (Wildman–Crippen LogP) is 1.65. The number of hydrogen-bond acceptors (Lipinski definition) is 3. The first kappa shape index (κ1) is 15.1. The number of aliphatic carboxylic acids is 1. The van der Waals surface area contributed by atoms with Crippen molar-refractivity contribution >= 4 is 22.8 Å². The first-order chi connectivity index (χ1) is 10.0. The summed E-state index contributed by atoms with van der Waals surface area (Å²) in [6.45, 7) is 2.14. The smallest absolute Gasteiger partial charge is 0.323 e. The Morgan fingerprint density at radius 2 is 2.10 bits per heavy atom. The summed E-state index contributed by atoms with van der Waals surface area (Å²) in [4.78, 5) is 27.6. The number of carboxylic acid groups (broad SMARTS) is 1. The maximum atomic E-state index is 12.4. The number of ether oxygens (including phenoxy) is 1. The van der Waals surface area contributed by atoms with Crippen LogP contribution >= 0.6 is 0 Å². The molecule has 0 bridgehead atoms. The van der Waals surface area contributed by atoms with Crippen LogP contribution in [-0.2, 0) is 9.53 Å². The lowest BCUT2D eigenvalue weighted by atomic mass is 10.2. The molecule has 0 saturated heterocycles. The normalized spacial score (nSPS) is 10.8. The first-order valence-electron chi connectivity index (χ1n) is 6.60. The lowest BCUT2D eigenvalue weighted by molar-refractivity contribution is -0.137. The lowest BCUT2D eigenvalue weighted by Crippen LogP contribution is -2.38. The van der Waals surface area contributed by atoms with E-state index in [1.54, 1.807) is 6.07 Å². The quantitative estimate of drug-likeness (QED) is 0.847. The molecule has 1 amide bonds. The first-order valence-corrected chi connectivity index (χ1v) is 6.60. The molecule has 1 aromatic carbocycles. The molecule has 6 nitrogen and oxygen atoms in total. The van der Waals surface area contributed by atoms with Crippen LogP contribution in [0.1, 0.15) is 16.1 Å². The van der Waals surface area contributed by atoms with E-state index < -0.39 is 5.97 Å². The predicted molar refractivity (Wildman–Crippen MR) is 78.5 cm³/mol. The Morgan fingerprint density at radius 3 is 2.76 bits per heavy atom. The molecule has 0 saturated carbocycles. The Kier molecular flexibility index (Phi) is 4.59. The van der Waals surface area contributed by atoms with Crippen LogP contribution in [0.15, 0.2) is 24.3 Å². The summed E-state index contributed by atoms with van der Waals surface area (Å²) < 4.78 is 4.92. The van der Waals surface area contributed by atoms with Crippen molar-refractivity contribution in [2.24, 2.45) is 0 Å². The van der Waals surface area contributed by atoms with E-state index in [0.717, 1.165) is 16.5 Å². The van der Waals surface area contributed by atoms with Crippen molar-refractivity contribution in [1.29, 1.82) is 0 Å². The number of nitrogens with one attached hydrogen (secondary N) is 1. The fraction of sp³-hybridized carbons (Fsp3) is 0.333. The molecule has 0 unspecified atom stereocenters. The van der Waals surface area contributed by atoms with Crippen LogP contribution < -0.4 is 0 Å². The summed E-state index contributed by atoms with van der Waals surface area (Å²) in [5.74, 6) is -1.39. The van der Waals surface area contributed by atoms with Gasteiger partial charge in [0.1, 0.15) is 12.2 Å². The van der Waals surface area contributed by atoms with E-state index in [-0.39, 0.29) is 19.0 Å². The molecule has 0 radical (unpaired) electrons. The molecule has 6 heteroatoms. The zero-order valence-electron chi connectivity index (χ0n) is 12.0. The number of carboxylic acids is 1. The second kappa shape index (κ2) is 6.41. The monoisotopic (exact) mass is 290 g/mol. The van der Waals surface area contributed by atoms with Crippen molar-refractivity contribution in [3.63, 3.8) is 0 Å². The molecule has 2 N–H and O–H groups in total. The van der Waals surface area contributed by atoms with Gasteiger partial charge in [-0.05, 0) is 24.6 Å². The molecule has 2 rings (SSSR count). The van der Waals surface area contributed by atoms with E-state index >= 15 is 0 Å². The average molecular weight is 290 g/mol. The number of benzene rings is 1. The highest BCUT2D eigenvalue weighted by molar-refractivity contribution is 5.99. The number of H-pyrrole nitrogens is 1. The fourth-order valence-electron chi connectivity index (χ4n) is 2.14. The molecule has 0 aliphatic heterocycles. The fourth-order valence-corrected chi connectivity index (χ4v) is 2.14. The maximum Gasteiger partial charge on any atom is 0.323 e. The standard InChI is InChI=1S/C15H18N2O4/c1-10-3-4-11-8-13(16-12(11)7-10)15(20)17(5-6-21-2)9-14(18)19/h3-4,7-8,16H,5-6,9H2,1-2H3,(H,18,19). The molecule has 0 spiro atoms. The third-order valence-electron chi connectivity index (χ3n) is 3.19. The summed E-state index contributed by atoms with van der Waals surface area (Å²) in [6.07, 6.45) is 0. The van der Waals surface area contributed by atoms with E-state index in [1.807, 2.05) is 25.1 Å². The summed E-state index contributed by atoms with van der Waals surface area (Å²) in [7, 11) is 1.51. The van der Waals surface area contributed by atoms with Crippen molar-refractivity contribution in [2.75, 3.05) is 26.8 Å². The van der Waals surface area contributed by atoms with E-state index in [9.17, 15) is 9.59 Å². The molecule has 0 fully saturated rings. The van der Waals surface area contributed by atoms with Gasteiger partial charge in [0.05, 0.1) is 6.61 Å². The number of carbonyl (C=O) groups is 2. The van der Waals surface area contributed by atoms with E-state index in [0.29, 0.717) is 12.3 Å². The van der Waals surface area contributed by atoms with Crippen LogP contribution in [0.3, 0.4) is 0 Å². The van der Waals surface area contributed by atoms with Crippen LogP contribution in [0.25, 0.3) is 10.9 Å². The third-order valence-corrected chi connectivity index (χ3v) is 3.19. The molecule has 0 aliphatic rings. The number of hydrogen-bond donors (Lipinski definition) is 2. The minimum Gasteiger partial charge on any atom is -0.480 e. The Bertz CT molecular complexity index is 663. The van der Waals surface area contributed by atoms with Crippen LogP contribution in [0.2, 0.25) is 0 Å². The molecular formula is C15H18N2O4. The maximum absolute atomic E-state index is 12.4. The largest absolute Gasteiger partial charge is 0.480 e. The average Bonchev–Trinajstić information content (AvgIpc) is 2.85. The van der Waals surface area contributed by atoms with Gasteiger partial charge >= 0.3 is 5.97 Å². The number of carbonyl (C=O) groups excluding carboxylic acids is 1. The summed E-state index contributed by atoms with van der Waals surface area (Å²) in [6, 6.07) is 7.57. The van der Waals surface area contributed by atoms with Crippen molar-refractivity contribution in [3.8, 4) is 0 Å². The van der Waals surface area contributed by atoms with Crippen molar-refractivity contribution in [3.05, 3.63) is 35.5 Å². The Hall–Kier alpha value is -2.34. The minimum absolute atomic E-state index is 0.232.